The molecule has 1 rings (SSSR count). The minimum atomic E-state index is -2.27. The molecule has 0 unspecified atom stereocenters. The topological polar surface area (TPSA) is 135 Å². The van der Waals surface area contributed by atoms with Crippen LogP contribution in [0.3, 0.4) is 0 Å². The van der Waals surface area contributed by atoms with Gasteiger partial charge < -0.3 is 28.8 Å². The lowest BCUT2D eigenvalue weighted by Gasteiger charge is -2.44. The largest absolute Gasteiger partial charge is 0.460 e. The van der Waals surface area contributed by atoms with E-state index < -0.39 is 54.6 Å². The predicted molar refractivity (Wildman–Crippen MR) is 74.2 cm³/mol. The average molecular weight is 348 g/mol. The second-order valence-corrected chi connectivity index (χ2v) is 5.19. The number of carbonyl (C=O) groups is 4. The number of hydrogen-bond donors (Lipinski definition) is 1. The van der Waals surface area contributed by atoms with Crippen LogP contribution in [0.15, 0.2) is 0 Å². The molecule has 4 atom stereocenters. The predicted octanol–water partition coefficient (Wildman–Crippen LogP) is -0.937. The summed E-state index contributed by atoms with van der Waals surface area (Å²) in [6.07, 6.45) is -4.03. The van der Waals surface area contributed by atoms with Gasteiger partial charge in [0.2, 0.25) is 5.79 Å². The van der Waals surface area contributed by atoms with Gasteiger partial charge in [0, 0.05) is 27.7 Å². The fourth-order valence-electron chi connectivity index (χ4n) is 2.17. The molecule has 1 heterocycles. The highest BCUT2D eigenvalue weighted by molar-refractivity contribution is 5.68. The van der Waals surface area contributed by atoms with Crippen molar-refractivity contribution < 1.29 is 48.0 Å². The first kappa shape index (κ1) is 19.8. The van der Waals surface area contributed by atoms with Crippen molar-refractivity contribution in [3.63, 3.8) is 0 Å². The summed E-state index contributed by atoms with van der Waals surface area (Å²) in [5.74, 6) is -5.24. The zero-order valence-corrected chi connectivity index (χ0v) is 13.8. The standard InChI is InChI=1S/C14H20O10/c1-7(15)20-6-14(19)13(24-10(4)18)12(23-9(3)17)11(5-21-14)22-8(2)16/h11-13,19H,5-6H2,1-4H3/t11-,12+,13+,14+/m1/s1. The summed E-state index contributed by atoms with van der Waals surface area (Å²) >= 11 is 0. The van der Waals surface area contributed by atoms with Crippen LogP contribution in [0, 0.1) is 0 Å². The van der Waals surface area contributed by atoms with Gasteiger partial charge in [-0.1, -0.05) is 0 Å². The highest BCUT2D eigenvalue weighted by Gasteiger charge is 2.56. The van der Waals surface area contributed by atoms with E-state index in [2.05, 4.69) is 0 Å². The summed E-state index contributed by atoms with van der Waals surface area (Å²) in [5.41, 5.74) is 0. The van der Waals surface area contributed by atoms with Crippen molar-refractivity contribution in [3.8, 4) is 0 Å². The molecule has 0 radical (unpaired) electrons. The van der Waals surface area contributed by atoms with Crippen LogP contribution < -0.4 is 0 Å². The van der Waals surface area contributed by atoms with E-state index in [9.17, 15) is 24.3 Å². The van der Waals surface area contributed by atoms with E-state index in [1.807, 2.05) is 0 Å². The van der Waals surface area contributed by atoms with E-state index in [4.69, 9.17) is 23.7 Å². The molecule has 0 bridgehead atoms. The Bertz CT molecular complexity index is 516. The SMILES string of the molecule is CC(=O)OC[C@]1(O)OC[C@@H](OC(C)=O)[C@H](OC(C)=O)[C@@H]1OC(C)=O. The summed E-state index contributed by atoms with van der Waals surface area (Å²) in [6.45, 7) is 3.35. The van der Waals surface area contributed by atoms with Gasteiger partial charge in [0.25, 0.3) is 0 Å². The van der Waals surface area contributed by atoms with Crippen LogP contribution in [-0.4, -0.2) is 66.3 Å². The van der Waals surface area contributed by atoms with Gasteiger partial charge in [-0.2, -0.15) is 0 Å². The van der Waals surface area contributed by atoms with Gasteiger partial charge in [-0.15, -0.1) is 0 Å². The molecular formula is C14H20O10. The molecule has 0 aromatic heterocycles. The van der Waals surface area contributed by atoms with Crippen molar-refractivity contribution in [3.05, 3.63) is 0 Å². The van der Waals surface area contributed by atoms with E-state index in [0.717, 1.165) is 27.7 Å². The number of esters is 4. The fourth-order valence-corrected chi connectivity index (χ4v) is 2.17. The summed E-state index contributed by atoms with van der Waals surface area (Å²) in [4.78, 5) is 44.9. The van der Waals surface area contributed by atoms with Crippen LogP contribution in [-0.2, 0) is 42.9 Å². The van der Waals surface area contributed by atoms with Crippen LogP contribution >= 0.6 is 0 Å². The van der Waals surface area contributed by atoms with Gasteiger partial charge in [-0.3, -0.25) is 19.2 Å². The van der Waals surface area contributed by atoms with E-state index in [1.54, 1.807) is 0 Å². The van der Waals surface area contributed by atoms with Gasteiger partial charge in [0.15, 0.2) is 18.3 Å². The lowest BCUT2D eigenvalue weighted by Crippen LogP contribution is -2.65. The van der Waals surface area contributed by atoms with E-state index >= 15 is 0 Å². The molecular weight excluding hydrogens is 328 g/mol. The first-order chi connectivity index (χ1) is 11.0. The molecule has 1 fully saturated rings. The molecule has 24 heavy (non-hydrogen) atoms. The summed E-state index contributed by atoms with van der Waals surface area (Å²) in [7, 11) is 0. The van der Waals surface area contributed by atoms with Crippen LogP contribution in [0.4, 0.5) is 0 Å². The second-order valence-electron chi connectivity index (χ2n) is 5.19. The second kappa shape index (κ2) is 8.06. The lowest BCUT2D eigenvalue weighted by molar-refractivity contribution is -0.335. The Labute approximate surface area is 137 Å². The van der Waals surface area contributed by atoms with Crippen molar-refractivity contribution in [2.75, 3.05) is 13.2 Å². The Hall–Kier alpha value is -2.20. The zero-order valence-electron chi connectivity index (χ0n) is 13.8. The van der Waals surface area contributed by atoms with Crippen molar-refractivity contribution in [2.45, 2.75) is 51.8 Å². The maximum atomic E-state index is 11.4. The molecule has 0 aromatic carbocycles. The lowest BCUT2D eigenvalue weighted by atomic mass is 9.96. The van der Waals surface area contributed by atoms with Gasteiger partial charge in [-0.25, -0.2) is 0 Å². The Morgan fingerprint density at radius 2 is 1.50 bits per heavy atom. The fraction of sp³-hybridized carbons (Fsp3) is 0.714. The molecule has 0 amide bonds. The summed E-state index contributed by atoms with van der Waals surface area (Å²) in [5, 5.41) is 10.6. The zero-order chi connectivity index (χ0) is 18.5. The van der Waals surface area contributed by atoms with E-state index in [-0.39, 0.29) is 6.61 Å². The molecule has 10 nitrogen and oxygen atoms in total. The van der Waals surface area contributed by atoms with Gasteiger partial charge >= 0.3 is 23.9 Å². The number of rotatable bonds is 5. The molecule has 0 aromatic rings. The van der Waals surface area contributed by atoms with Gasteiger partial charge in [0.05, 0.1) is 6.61 Å². The Kier molecular flexibility index (Phi) is 6.67. The van der Waals surface area contributed by atoms with Crippen LogP contribution in [0.25, 0.3) is 0 Å². The highest BCUT2D eigenvalue weighted by atomic mass is 16.7. The Morgan fingerprint density at radius 1 is 0.958 bits per heavy atom. The molecule has 10 heteroatoms. The van der Waals surface area contributed by atoms with Crippen molar-refractivity contribution in [2.24, 2.45) is 0 Å². The Morgan fingerprint density at radius 3 is 1.96 bits per heavy atom. The number of carbonyl (C=O) groups excluding carboxylic acids is 4. The smallest absolute Gasteiger partial charge is 0.303 e. The monoisotopic (exact) mass is 348 g/mol. The first-order valence-corrected chi connectivity index (χ1v) is 7.06. The highest BCUT2D eigenvalue weighted by Crippen LogP contribution is 2.31. The molecule has 1 saturated heterocycles. The third kappa shape index (κ3) is 5.46. The molecule has 0 aliphatic carbocycles. The normalized spacial score (nSPS) is 29.3. The maximum absolute atomic E-state index is 11.4. The number of aliphatic hydroxyl groups is 1. The van der Waals surface area contributed by atoms with E-state index in [1.165, 1.54) is 0 Å². The molecule has 1 aliphatic rings. The van der Waals surface area contributed by atoms with Crippen molar-refractivity contribution in [1.82, 2.24) is 0 Å². The minimum absolute atomic E-state index is 0.368. The summed E-state index contributed by atoms with van der Waals surface area (Å²) < 4.78 is 24.9. The van der Waals surface area contributed by atoms with Crippen LogP contribution in [0.5, 0.6) is 0 Å². The third-order valence-electron chi connectivity index (χ3n) is 3.00. The molecule has 1 aliphatic heterocycles. The van der Waals surface area contributed by atoms with Crippen LogP contribution in [0.1, 0.15) is 27.7 Å². The molecule has 0 saturated carbocycles. The number of ether oxygens (including phenoxy) is 5. The minimum Gasteiger partial charge on any atom is -0.460 e. The maximum Gasteiger partial charge on any atom is 0.303 e. The van der Waals surface area contributed by atoms with Crippen molar-refractivity contribution in [1.29, 1.82) is 0 Å². The van der Waals surface area contributed by atoms with Crippen molar-refractivity contribution >= 4 is 23.9 Å². The van der Waals surface area contributed by atoms with E-state index in [0.29, 0.717) is 0 Å². The molecule has 1 N–H and O–H groups in total. The first-order valence-electron chi connectivity index (χ1n) is 7.06. The third-order valence-corrected chi connectivity index (χ3v) is 3.00. The molecule has 136 valence electrons. The molecule has 0 spiro atoms. The summed E-state index contributed by atoms with van der Waals surface area (Å²) in [6, 6.07) is 0. The Balaban J connectivity index is 3.14. The average Bonchev–Trinajstić information content (AvgIpc) is 2.43. The van der Waals surface area contributed by atoms with Crippen LogP contribution in [0.2, 0.25) is 0 Å². The quantitative estimate of drug-likeness (QED) is 0.490. The van der Waals surface area contributed by atoms with Gasteiger partial charge in [0.1, 0.15) is 6.61 Å². The number of hydrogen-bond acceptors (Lipinski definition) is 10. The van der Waals surface area contributed by atoms with Gasteiger partial charge in [-0.05, 0) is 0 Å².